The number of rotatable bonds is 5. The van der Waals surface area contributed by atoms with Crippen LogP contribution in [0.3, 0.4) is 0 Å². The van der Waals surface area contributed by atoms with Crippen LogP contribution in [-0.4, -0.2) is 36.0 Å². The highest BCUT2D eigenvalue weighted by Crippen LogP contribution is 2.24. The quantitative estimate of drug-likeness (QED) is 0.691. The summed E-state index contributed by atoms with van der Waals surface area (Å²) in [4.78, 5) is 25.1. The van der Waals surface area contributed by atoms with E-state index in [1.807, 2.05) is 4.90 Å². The first-order chi connectivity index (χ1) is 8.06. The molecule has 1 heterocycles. The van der Waals surface area contributed by atoms with Crippen molar-refractivity contribution in [2.24, 2.45) is 5.92 Å². The monoisotopic (exact) mass is 241 g/mol. The van der Waals surface area contributed by atoms with Gasteiger partial charge in [0.2, 0.25) is 5.91 Å². The SMILES string of the molecule is CCOC(=O)CCC(=O)N1CCCC1C(C)C. The van der Waals surface area contributed by atoms with Gasteiger partial charge >= 0.3 is 5.97 Å². The molecule has 0 aliphatic carbocycles. The molecule has 1 rings (SSSR count). The van der Waals surface area contributed by atoms with Gasteiger partial charge in [-0.3, -0.25) is 9.59 Å². The highest BCUT2D eigenvalue weighted by atomic mass is 16.5. The molecular formula is C13H23NO3. The Morgan fingerprint density at radius 3 is 2.65 bits per heavy atom. The van der Waals surface area contributed by atoms with Crippen molar-refractivity contribution in [2.45, 2.75) is 52.5 Å². The van der Waals surface area contributed by atoms with Crippen LogP contribution in [0.4, 0.5) is 0 Å². The maximum absolute atomic E-state index is 12.0. The van der Waals surface area contributed by atoms with Crippen LogP contribution >= 0.6 is 0 Å². The Bertz CT molecular complexity index is 276. The molecule has 0 saturated carbocycles. The summed E-state index contributed by atoms with van der Waals surface area (Å²) in [5.74, 6) is 0.305. The van der Waals surface area contributed by atoms with Gasteiger partial charge in [0.05, 0.1) is 13.0 Å². The van der Waals surface area contributed by atoms with Crippen LogP contribution in [0, 0.1) is 5.92 Å². The Balaban J connectivity index is 2.39. The third-order valence-corrected chi connectivity index (χ3v) is 3.24. The lowest BCUT2D eigenvalue weighted by Gasteiger charge is -2.27. The van der Waals surface area contributed by atoms with Crippen LogP contribution in [-0.2, 0) is 14.3 Å². The van der Waals surface area contributed by atoms with E-state index in [1.54, 1.807) is 6.92 Å². The number of carbonyl (C=O) groups excluding carboxylic acids is 2. The number of nitrogens with zero attached hydrogens (tertiary/aromatic N) is 1. The summed E-state index contributed by atoms with van der Waals surface area (Å²) in [7, 11) is 0. The molecule has 1 saturated heterocycles. The van der Waals surface area contributed by atoms with Crippen molar-refractivity contribution >= 4 is 11.9 Å². The Morgan fingerprint density at radius 1 is 1.35 bits per heavy atom. The van der Waals surface area contributed by atoms with Gasteiger partial charge in [0.25, 0.3) is 0 Å². The zero-order valence-corrected chi connectivity index (χ0v) is 11.1. The molecule has 0 bridgehead atoms. The van der Waals surface area contributed by atoms with E-state index < -0.39 is 0 Å². The van der Waals surface area contributed by atoms with Crippen LogP contribution in [0.5, 0.6) is 0 Å². The highest BCUT2D eigenvalue weighted by Gasteiger charge is 2.30. The number of amides is 1. The summed E-state index contributed by atoms with van der Waals surface area (Å²) in [5, 5.41) is 0. The molecule has 4 heteroatoms. The smallest absolute Gasteiger partial charge is 0.306 e. The summed E-state index contributed by atoms with van der Waals surface area (Å²) in [6, 6.07) is 0.352. The van der Waals surface area contributed by atoms with Gasteiger partial charge in [-0.1, -0.05) is 13.8 Å². The lowest BCUT2D eigenvalue weighted by atomic mass is 10.0. The lowest BCUT2D eigenvalue weighted by Crippen LogP contribution is -2.38. The first-order valence-electron chi connectivity index (χ1n) is 6.51. The maximum Gasteiger partial charge on any atom is 0.306 e. The zero-order valence-electron chi connectivity index (χ0n) is 11.1. The first kappa shape index (κ1) is 14.0. The van der Waals surface area contributed by atoms with Crippen LogP contribution < -0.4 is 0 Å². The van der Waals surface area contributed by atoms with E-state index in [0.717, 1.165) is 19.4 Å². The molecule has 0 radical (unpaired) electrons. The summed E-state index contributed by atoms with van der Waals surface area (Å²) < 4.78 is 4.82. The molecule has 1 aliphatic heterocycles. The van der Waals surface area contributed by atoms with Crippen LogP contribution in [0.2, 0.25) is 0 Å². The van der Waals surface area contributed by atoms with E-state index in [2.05, 4.69) is 13.8 Å². The van der Waals surface area contributed by atoms with Crippen molar-refractivity contribution in [3.05, 3.63) is 0 Å². The fourth-order valence-corrected chi connectivity index (χ4v) is 2.38. The van der Waals surface area contributed by atoms with Gasteiger partial charge in [-0.05, 0) is 25.7 Å². The summed E-state index contributed by atoms with van der Waals surface area (Å²) >= 11 is 0. The predicted octanol–water partition coefficient (Wildman–Crippen LogP) is 1.98. The van der Waals surface area contributed by atoms with E-state index in [1.165, 1.54) is 0 Å². The van der Waals surface area contributed by atoms with Crippen molar-refractivity contribution in [2.75, 3.05) is 13.2 Å². The fourth-order valence-electron chi connectivity index (χ4n) is 2.38. The normalized spacial score (nSPS) is 19.8. The van der Waals surface area contributed by atoms with Crippen LogP contribution in [0.1, 0.15) is 46.5 Å². The highest BCUT2D eigenvalue weighted by molar-refractivity contribution is 5.81. The topological polar surface area (TPSA) is 46.6 Å². The Labute approximate surface area is 103 Å². The molecule has 1 aliphatic rings. The van der Waals surface area contributed by atoms with Gasteiger partial charge in [0.1, 0.15) is 0 Å². The minimum absolute atomic E-state index is 0.0919. The van der Waals surface area contributed by atoms with E-state index in [0.29, 0.717) is 18.6 Å². The number of hydrogen-bond acceptors (Lipinski definition) is 3. The van der Waals surface area contributed by atoms with Crippen molar-refractivity contribution < 1.29 is 14.3 Å². The second-order valence-electron chi connectivity index (χ2n) is 4.85. The van der Waals surface area contributed by atoms with Crippen molar-refractivity contribution in [1.82, 2.24) is 4.90 Å². The molecule has 1 atom stereocenters. The number of ether oxygens (including phenoxy) is 1. The molecule has 1 unspecified atom stereocenters. The molecule has 1 fully saturated rings. The van der Waals surface area contributed by atoms with Gasteiger partial charge in [-0.15, -0.1) is 0 Å². The van der Waals surface area contributed by atoms with Gasteiger partial charge in [0.15, 0.2) is 0 Å². The van der Waals surface area contributed by atoms with E-state index in [-0.39, 0.29) is 24.7 Å². The minimum atomic E-state index is -0.277. The third-order valence-electron chi connectivity index (χ3n) is 3.24. The van der Waals surface area contributed by atoms with Gasteiger partial charge in [-0.2, -0.15) is 0 Å². The number of esters is 1. The van der Waals surface area contributed by atoms with Crippen LogP contribution in [0.25, 0.3) is 0 Å². The zero-order chi connectivity index (χ0) is 12.8. The molecule has 4 nitrogen and oxygen atoms in total. The van der Waals surface area contributed by atoms with E-state index in [4.69, 9.17) is 4.74 Å². The number of carbonyl (C=O) groups is 2. The molecule has 98 valence electrons. The lowest BCUT2D eigenvalue weighted by molar-refractivity contribution is -0.146. The van der Waals surface area contributed by atoms with E-state index in [9.17, 15) is 9.59 Å². The molecule has 0 aromatic carbocycles. The van der Waals surface area contributed by atoms with Crippen molar-refractivity contribution in [1.29, 1.82) is 0 Å². The summed E-state index contributed by atoms with van der Waals surface area (Å²) in [5.41, 5.74) is 0. The maximum atomic E-state index is 12.0. The average Bonchev–Trinajstić information content (AvgIpc) is 2.75. The summed E-state index contributed by atoms with van der Waals surface area (Å²) in [6.45, 7) is 7.27. The number of hydrogen-bond donors (Lipinski definition) is 0. The molecule has 0 aromatic heterocycles. The summed E-state index contributed by atoms with van der Waals surface area (Å²) in [6.07, 6.45) is 2.65. The first-order valence-corrected chi connectivity index (χ1v) is 6.51. The van der Waals surface area contributed by atoms with Crippen molar-refractivity contribution in [3.63, 3.8) is 0 Å². The van der Waals surface area contributed by atoms with Gasteiger partial charge < -0.3 is 9.64 Å². The van der Waals surface area contributed by atoms with Gasteiger partial charge in [0, 0.05) is 19.0 Å². The minimum Gasteiger partial charge on any atom is -0.466 e. The predicted molar refractivity (Wildman–Crippen MR) is 65.4 cm³/mol. The van der Waals surface area contributed by atoms with Crippen LogP contribution in [0.15, 0.2) is 0 Å². The standard InChI is InChI=1S/C13H23NO3/c1-4-17-13(16)8-7-12(15)14-9-5-6-11(14)10(2)3/h10-11H,4-9H2,1-3H3. The molecule has 0 aromatic rings. The second kappa shape index (κ2) is 6.62. The molecule has 0 spiro atoms. The molecule has 0 N–H and O–H groups in total. The van der Waals surface area contributed by atoms with E-state index >= 15 is 0 Å². The molecule has 1 amide bonds. The average molecular weight is 241 g/mol. The largest absolute Gasteiger partial charge is 0.466 e. The third kappa shape index (κ3) is 4.02. The van der Waals surface area contributed by atoms with Gasteiger partial charge in [-0.25, -0.2) is 0 Å². The number of likely N-dealkylation sites (tertiary alicyclic amines) is 1. The Kier molecular flexibility index (Phi) is 5.45. The Morgan fingerprint density at radius 2 is 2.06 bits per heavy atom. The Hall–Kier alpha value is -1.06. The fraction of sp³-hybridized carbons (Fsp3) is 0.846. The molecule has 17 heavy (non-hydrogen) atoms. The molecular weight excluding hydrogens is 218 g/mol. The second-order valence-corrected chi connectivity index (χ2v) is 4.85. The van der Waals surface area contributed by atoms with Crippen molar-refractivity contribution in [3.8, 4) is 0 Å².